The lowest BCUT2D eigenvalue weighted by Crippen LogP contribution is -2.74. The van der Waals surface area contributed by atoms with E-state index in [0.717, 1.165) is 76.7 Å². The van der Waals surface area contributed by atoms with Crippen LogP contribution in [0.15, 0.2) is 358 Å². The second-order valence-corrected chi connectivity index (χ2v) is 32.5. The summed E-state index contributed by atoms with van der Waals surface area (Å²) in [7, 11) is -6.17. The first kappa shape index (κ1) is 57.1. The summed E-state index contributed by atoms with van der Waals surface area (Å²) >= 11 is 0. The fraction of sp³-hybridized carbons (Fsp3) is 0. The Morgan fingerprint density at radius 3 is 1.26 bits per heavy atom. The molecule has 0 atom stereocenters. The predicted molar refractivity (Wildman–Crippen MR) is 406 cm³/mol. The molecular formula is C88H59N7Si2. The Hall–Kier alpha value is -12.6. The number of rotatable bonds is 13. The molecule has 0 spiro atoms. The van der Waals surface area contributed by atoms with Gasteiger partial charge in [0.2, 0.25) is 11.9 Å². The summed E-state index contributed by atoms with van der Waals surface area (Å²) in [6, 6.07) is 132. The monoisotopic (exact) mass is 1270 g/mol. The van der Waals surface area contributed by atoms with Crippen LogP contribution in [0, 0.1) is 11.3 Å². The fourth-order valence-corrected chi connectivity index (χ4v) is 25.2. The first-order valence-electron chi connectivity index (χ1n) is 32.9. The minimum Gasteiger partial charge on any atom is -0.309 e. The molecule has 0 fully saturated rings. The van der Waals surface area contributed by atoms with Crippen LogP contribution in [0.5, 0.6) is 0 Å². The SMILES string of the molecule is N#Cc1ccc2c(c1)c1ccc([Si](c3ccccc3)(c3ccccc3)c3ccccc3)cc1n2-c1nc(-c2ccc([Si](c3ccccc3)(c3ccccc3)c3cccc(-c4ccccc4)c3)cc2)nc(-n2c3ccccc3c3ccc4c(c5ccccc5n4-c4ccccc4)c32)n1. The standard InChI is InChI=1S/C88H59N7Si2/c89-60-61-47-55-81-78(57-61)75-53-52-73(96(66-32-12-3-13-33-66,67-34-14-4-15-35-67)68-36-16-5-17-37-68)59-83(75)94(81)87-90-86(63-48-50-71(51-49-63)97(69-38-18-6-19-39-69,70-40-20-7-21-41-70)72-42-26-29-64(58-72)62-27-8-1-9-28-62)91-88(92-87)95-79-45-24-22-43-74(79)76-54-56-82-84(85(76)95)77-44-23-25-46-80(77)93(82)65-30-10-2-11-31-65/h1-59H. The van der Waals surface area contributed by atoms with Gasteiger partial charge in [0.15, 0.2) is 22.0 Å². The number of para-hydroxylation sites is 3. The Kier molecular flexibility index (Phi) is 13.8. The van der Waals surface area contributed by atoms with Crippen LogP contribution >= 0.6 is 0 Å². The average molecular weight is 1270 g/mol. The van der Waals surface area contributed by atoms with Crippen LogP contribution in [0.1, 0.15) is 5.56 Å². The van der Waals surface area contributed by atoms with Gasteiger partial charge in [-0.1, -0.05) is 303 Å². The van der Waals surface area contributed by atoms with Crippen molar-refractivity contribution in [1.29, 1.82) is 5.26 Å². The zero-order chi connectivity index (χ0) is 64.4. The molecule has 9 heteroatoms. The lowest BCUT2D eigenvalue weighted by atomic mass is 10.1. The van der Waals surface area contributed by atoms with Crippen LogP contribution < -0.4 is 41.5 Å². The minimum absolute atomic E-state index is 0.442. The van der Waals surface area contributed by atoms with Crippen LogP contribution in [-0.2, 0) is 0 Å². The Morgan fingerprint density at radius 1 is 0.258 bits per heavy atom. The van der Waals surface area contributed by atoms with Gasteiger partial charge < -0.3 is 4.57 Å². The maximum atomic E-state index is 10.6. The molecule has 14 aromatic carbocycles. The van der Waals surface area contributed by atoms with Crippen molar-refractivity contribution < 1.29 is 0 Å². The highest BCUT2D eigenvalue weighted by Gasteiger charge is 2.43. The third-order valence-corrected chi connectivity index (χ3v) is 29.4. The van der Waals surface area contributed by atoms with E-state index in [2.05, 4.69) is 366 Å². The van der Waals surface area contributed by atoms with Crippen LogP contribution in [0.4, 0.5) is 0 Å². The molecular weight excluding hydrogens is 1210 g/mol. The molecule has 454 valence electrons. The van der Waals surface area contributed by atoms with Gasteiger partial charge in [-0.05, 0) is 107 Å². The van der Waals surface area contributed by atoms with Gasteiger partial charge in [-0.15, -0.1) is 0 Å². The van der Waals surface area contributed by atoms with Gasteiger partial charge in [-0.3, -0.25) is 9.13 Å². The summed E-state index contributed by atoms with van der Waals surface area (Å²) in [6.07, 6.45) is 0. The second-order valence-electron chi connectivity index (χ2n) is 24.9. The average Bonchev–Trinajstić information content (AvgIpc) is 1.57. The minimum atomic E-state index is -3.10. The molecule has 18 aromatic rings. The number of nitriles is 1. The molecule has 0 aliphatic rings. The second kappa shape index (κ2) is 23.5. The Bertz CT molecular complexity index is 5920. The molecule has 0 amide bonds. The van der Waals surface area contributed by atoms with Crippen LogP contribution in [0.2, 0.25) is 0 Å². The summed E-state index contributed by atoms with van der Waals surface area (Å²) in [5.74, 6) is 1.42. The lowest BCUT2D eigenvalue weighted by molar-refractivity contribution is 0.894. The molecule has 97 heavy (non-hydrogen) atoms. The predicted octanol–water partition coefficient (Wildman–Crippen LogP) is 15.1. The van der Waals surface area contributed by atoms with Crippen LogP contribution in [-0.4, -0.2) is 44.8 Å². The maximum Gasteiger partial charge on any atom is 0.240 e. The zero-order valence-corrected chi connectivity index (χ0v) is 54.7. The molecule has 0 N–H and O–H groups in total. The van der Waals surface area contributed by atoms with Gasteiger partial charge in [-0.2, -0.15) is 20.2 Å². The lowest BCUT2D eigenvalue weighted by Gasteiger charge is -2.34. The highest BCUT2D eigenvalue weighted by atomic mass is 28.3. The normalized spacial score (nSPS) is 11.9. The molecule has 0 aliphatic heterocycles. The molecule has 0 saturated carbocycles. The van der Waals surface area contributed by atoms with E-state index in [4.69, 9.17) is 15.0 Å². The first-order chi connectivity index (χ1) is 48.1. The number of nitrogens with zero attached hydrogens (tertiary/aromatic N) is 7. The number of aromatic nitrogens is 6. The summed E-state index contributed by atoms with van der Waals surface area (Å²) < 4.78 is 6.89. The van der Waals surface area contributed by atoms with Crippen molar-refractivity contribution in [2.45, 2.75) is 0 Å². The van der Waals surface area contributed by atoms with Crippen LogP contribution in [0.25, 0.3) is 106 Å². The van der Waals surface area contributed by atoms with Crippen molar-refractivity contribution in [3.8, 4) is 46.2 Å². The van der Waals surface area contributed by atoms with Gasteiger partial charge in [0, 0.05) is 43.6 Å². The van der Waals surface area contributed by atoms with E-state index in [1.54, 1.807) is 0 Å². The summed E-state index contributed by atoms with van der Waals surface area (Å²) in [5.41, 5.74) is 10.7. The van der Waals surface area contributed by atoms with Gasteiger partial charge in [0.25, 0.3) is 0 Å². The van der Waals surface area contributed by atoms with E-state index in [1.165, 1.54) is 52.6 Å². The molecule has 0 aliphatic carbocycles. The van der Waals surface area contributed by atoms with Gasteiger partial charge >= 0.3 is 0 Å². The highest BCUT2D eigenvalue weighted by molar-refractivity contribution is 7.20. The molecule has 7 nitrogen and oxygen atoms in total. The first-order valence-corrected chi connectivity index (χ1v) is 36.9. The third-order valence-electron chi connectivity index (χ3n) is 19.8. The van der Waals surface area contributed by atoms with Gasteiger partial charge in [-0.25, -0.2) is 0 Å². The Labute approximate surface area is 563 Å². The Balaban J connectivity index is 0.941. The number of hydrogen-bond donors (Lipinski definition) is 0. The fourth-order valence-electron chi connectivity index (χ4n) is 15.7. The highest BCUT2D eigenvalue weighted by Crippen LogP contribution is 2.42. The van der Waals surface area contributed by atoms with E-state index >= 15 is 0 Å². The quantitative estimate of drug-likeness (QED) is 0.0851. The third kappa shape index (κ3) is 9.11. The molecule has 0 unspecified atom stereocenters. The van der Waals surface area contributed by atoms with Crippen molar-refractivity contribution in [2.75, 3.05) is 0 Å². The van der Waals surface area contributed by atoms with E-state index in [9.17, 15) is 5.26 Å². The summed E-state index contributed by atoms with van der Waals surface area (Å²) in [4.78, 5) is 17.4. The topological polar surface area (TPSA) is 77.2 Å². The van der Waals surface area contributed by atoms with Crippen molar-refractivity contribution in [1.82, 2.24) is 28.7 Å². The van der Waals surface area contributed by atoms with Crippen LogP contribution in [0.3, 0.4) is 0 Å². The molecule has 0 bridgehead atoms. The zero-order valence-electron chi connectivity index (χ0n) is 52.7. The molecule has 18 rings (SSSR count). The summed E-state index contributed by atoms with van der Waals surface area (Å²) in [5, 5.41) is 26.9. The van der Waals surface area contributed by atoms with Crippen molar-refractivity contribution in [2.24, 2.45) is 0 Å². The number of fused-ring (bicyclic) bond motifs is 10. The Morgan fingerprint density at radius 2 is 0.680 bits per heavy atom. The largest absolute Gasteiger partial charge is 0.309 e. The van der Waals surface area contributed by atoms with Crippen molar-refractivity contribution >= 4 is 123 Å². The molecule has 4 aromatic heterocycles. The smallest absolute Gasteiger partial charge is 0.240 e. The number of benzene rings is 14. The van der Waals surface area contributed by atoms with E-state index in [0.29, 0.717) is 23.3 Å². The van der Waals surface area contributed by atoms with Gasteiger partial charge in [0.05, 0.1) is 44.7 Å². The summed E-state index contributed by atoms with van der Waals surface area (Å²) in [6.45, 7) is 0. The van der Waals surface area contributed by atoms with E-state index < -0.39 is 16.1 Å². The molecule has 4 heterocycles. The van der Waals surface area contributed by atoms with Crippen molar-refractivity contribution in [3.63, 3.8) is 0 Å². The molecule has 0 saturated heterocycles. The maximum absolute atomic E-state index is 10.6. The number of hydrogen-bond acceptors (Lipinski definition) is 4. The van der Waals surface area contributed by atoms with Gasteiger partial charge in [0.1, 0.15) is 0 Å². The van der Waals surface area contributed by atoms with E-state index in [-0.39, 0.29) is 0 Å². The van der Waals surface area contributed by atoms with Crippen molar-refractivity contribution in [3.05, 3.63) is 363 Å². The molecule has 0 radical (unpaired) electrons. The van der Waals surface area contributed by atoms with E-state index in [1.807, 2.05) is 12.1 Å².